The second-order valence-corrected chi connectivity index (χ2v) is 15.5. The van der Waals surface area contributed by atoms with Crippen molar-refractivity contribution in [3.8, 4) is 0 Å². The maximum Gasteiger partial charge on any atom is 0.335 e. The summed E-state index contributed by atoms with van der Waals surface area (Å²) in [7, 11) is -2.91. The molecule has 11 heteroatoms. The van der Waals surface area contributed by atoms with Gasteiger partial charge in [0.05, 0.1) is 28.2 Å². The molecule has 43 heavy (non-hydrogen) atoms. The van der Waals surface area contributed by atoms with E-state index < -0.39 is 15.8 Å². The van der Waals surface area contributed by atoms with Gasteiger partial charge in [0.1, 0.15) is 0 Å². The lowest BCUT2D eigenvalue weighted by Gasteiger charge is -2.50. The molecule has 0 spiro atoms. The molecule has 3 aliphatic rings. The molecule has 2 aliphatic heterocycles. The molecule has 5 rings (SSSR count). The minimum atomic E-state index is -2.91. The summed E-state index contributed by atoms with van der Waals surface area (Å²) in [5, 5.41) is 15.7. The summed E-state index contributed by atoms with van der Waals surface area (Å²) in [4.78, 5) is 42.0. The van der Waals surface area contributed by atoms with Gasteiger partial charge in [-0.05, 0) is 42.7 Å². The van der Waals surface area contributed by atoms with Crippen LogP contribution in [0.25, 0.3) is 5.57 Å². The summed E-state index contributed by atoms with van der Waals surface area (Å²) in [6.45, 7) is 9.73. The second kappa shape index (κ2) is 12.0. The predicted molar refractivity (Wildman–Crippen MR) is 168 cm³/mol. The Hall–Kier alpha value is -3.28. The lowest BCUT2D eigenvalue weighted by molar-refractivity contribution is 0.0676. The average Bonchev–Trinajstić information content (AvgIpc) is 3.45. The maximum absolute atomic E-state index is 13.7. The molecule has 1 aliphatic carbocycles. The normalized spacial score (nSPS) is 23.1. The van der Waals surface area contributed by atoms with Crippen LogP contribution in [0.15, 0.2) is 52.8 Å². The van der Waals surface area contributed by atoms with Crippen molar-refractivity contribution in [2.45, 2.75) is 33.6 Å². The first-order valence-corrected chi connectivity index (χ1v) is 17.4. The van der Waals surface area contributed by atoms with Crippen LogP contribution in [0, 0.1) is 10.8 Å². The standard InChI is InChI=1S/C32H39N3O6S2/c1-31(2)26(22-5-7-23(8-6-22)30(38)39)9-11-32(3)21-35(14-10-27(31)32)29(37)25-20-42-19-24(25)28(36)33-12-4-13-34-15-17-43(40,41)18-16-34/h5-10,19-20H,4,11-18,21H2,1-3H3,(H,33,36)(H,38,39)/t32-/m1/s1. The van der Waals surface area contributed by atoms with E-state index in [0.29, 0.717) is 56.8 Å². The number of carbonyl (C=O) groups is 3. The fourth-order valence-electron chi connectivity index (χ4n) is 6.74. The molecule has 1 fully saturated rings. The minimum Gasteiger partial charge on any atom is -0.478 e. The van der Waals surface area contributed by atoms with Crippen LogP contribution in [0.3, 0.4) is 0 Å². The van der Waals surface area contributed by atoms with Gasteiger partial charge in [0.2, 0.25) is 0 Å². The molecule has 3 heterocycles. The molecule has 2 aromatic rings. The Kier molecular flexibility index (Phi) is 8.70. The highest BCUT2D eigenvalue weighted by Gasteiger charge is 2.46. The van der Waals surface area contributed by atoms with Crippen LogP contribution < -0.4 is 5.32 Å². The molecular formula is C32H39N3O6S2. The molecule has 1 aromatic carbocycles. The average molecular weight is 626 g/mol. The molecule has 0 radical (unpaired) electrons. The number of rotatable bonds is 8. The van der Waals surface area contributed by atoms with Gasteiger partial charge in [-0.2, -0.15) is 11.3 Å². The SMILES string of the molecule is CC1(C)C(c2ccc(C(=O)O)cc2)=CC[C@]2(C)CN(C(=O)c3cscc3C(=O)NCCCN3CCS(=O)(=O)CC3)CC=C12. The monoisotopic (exact) mass is 625 g/mol. The van der Waals surface area contributed by atoms with Crippen LogP contribution in [0.5, 0.6) is 0 Å². The number of carboxylic acid groups (broad SMARTS) is 1. The van der Waals surface area contributed by atoms with Crippen LogP contribution in [0.4, 0.5) is 0 Å². The van der Waals surface area contributed by atoms with Crippen molar-refractivity contribution >= 4 is 44.5 Å². The smallest absolute Gasteiger partial charge is 0.335 e. The van der Waals surface area contributed by atoms with Crippen LogP contribution in [0.1, 0.15) is 70.3 Å². The zero-order valence-corrected chi connectivity index (χ0v) is 26.5. The van der Waals surface area contributed by atoms with E-state index in [2.05, 4.69) is 43.1 Å². The van der Waals surface area contributed by atoms with E-state index in [1.807, 2.05) is 17.0 Å². The summed E-state index contributed by atoms with van der Waals surface area (Å²) in [6, 6.07) is 7.00. The highest BCUT2D eigenvalue weighted by atomic mass is 32.2. The zero-order chi connectivity index (χ0) is 31.0. The lowest BCUT2D eigenvalue weighted by Crippen LogP contribution is -2.49. The quantitative estimate of drug-likeness (QED) is 0.333. The van der Waals surface area contributed by atoms with E-state index in [9.17, 15) is 27.9 Å². The highest BCUT2D eigenvalue weighted by molar-refractivity contribution is 7.91. The molecule has 230 valence electrons. The van der Waals surface area contributed by atoms with E-state index in [-0.39, 0.29) is 39.7 Å². The topological polar surface area (TPSA) is 124 Å². The molecular weight excluding hydrogens is 587 g/mol. The van der Waals surface area contributed by atoms with Gasteiger partial charge in [0, 0.05) is 54.3 Å². The fraction of sp³-hybridized carbons (Fsp3) is 0.469. The minimum absolute atomic E-state index is 0.158. The van der Waals surface area contributed by atoms with E-state index >= 15 is 0 Å². The number of carboxylic acids is 1. The third-order valence-corrected chi connectivity index (χ3v) is 11.4. The molecule has 0 saturated carbocycles. The first-order chi connectivity index (χ1) is 20.3. The summed E-state index contributed by atoms with van der Waals surface area (Å²) in [5.41, 5.74) is 3.88. The Labute approximate surface area is 257 Å². The third kappa shape index (κ3) is 6.49. The van der Waals surface area contributed by atoms with Crippen molar-refractivity contribution in [1.29, 1.82) is 0 Å². The molecule has 1 saturated heterocycles. The number of thiophene rings is 1. The summed E-state index contributed by atoms with van der Waals surface area (Å²) < 4.78 is 23.2. The van der Waals surface area contributed by atoms with Crippen molar-refractivity contribution in [2.24, 2.45) is 10.8 Å². The van der Waals surface area contributed by atoms with Gasteiger partial charge in [-0.3, -0.25) is 9.59 Å². The Bertz CT molecular complexity index is 1570. The molecule has 2 N–H and O–H groups in total. The highest BCUT2D eigenvalue weighted by Crippen LogP contribution is 2.55. The first kappa shape index (κ1) is 31.2. The summed E-state index contributed by atoms with van der Waals surface area (Å²) in [5.74, 6) is -1.01. The second-order valence-electron chi connectivity index (χ2n) is 12.5. The predicted octanol–water partition coefficient (Wildman–Crippen LogP) is 4.20. The van der Waals surface area contributed by atoms with Crippen LogP contribution in [-0.2, 0) is 9.84 Å². The number of hydrogen-bond donors (Lipinski definition) is 2. The largest absolute Gasteiger partial charge is 0.478 e. The number of sulfone groups is 1. The first-order valence-electron chi connectivity index (χ1n) is 14.6. The van der Waals surface area contributed by atoms with Gasteiger partial charge in [-0.15, -0.1) is 0 Å². The Balaban J connectivity index is 1.22. The molecule has 1 atom stereocenters. The van der Waals surface area contributed by atoms with Gasteiger partial charge in [-0.25, -0.2) is 13.2 Å². The van der Waals surface area contributed by atoms with Gasteiger partial charge < -0.3 is 20.2 Å². The molecule has 9 nitrogen and oxygen atoms in total. The summed E-state index contributed by atoms with van der Waals surface area (Å²) in [6.07, 6.45) is 5.81. The molecule has 1 aromatic heterocycles. The van der Waals surface area contributed by atoms with Crippen molar-refractivity contribution in [3.63, 3.8) is 0 Å². The molecule has 0 bridgehead atoms. The number of nitrogens with one attached hydrogen (secondary N) is 1. The van der Waals surface area contributed by atoms with Gasteiger partial charge in [-0.1, -0.05) is 50.6 Å². The number of hydrogen-bond acceptors (Lipinski definition) is 7. The Morgan fingerprint density at radius 2 is 1.67 bits per heavy atom. The Morgan fingerprint density at radius 1 is 1.00 bits per heavy atom. The van der Waals surface area contributed by atoms with Crippen LogP contribution in [-0.4, -0.2) is 91.9 Å². The van der Waals surface area contributed by atoms with E-state index in [1.165, 1.54) is 16.9 Å². The number of benzene rings is 1. The van der Waals surface area contributed by atoms with Crippen molar-refractivity contribution in [3.05, 3.63) is 75.0 Å². The van der Waals surface area contributed by atoms with E-state index in [4.69, 9.17) is 0 Å². The van der Waals surface area contributed by atoms with Crippen molar-refractivity contribution < 1.29 is 27.9 Å². The molecule has 2 amide bonds. The number of nitrogens with zero attached hydrogens (tertiary/aromatic N) is 2. The molecule has 0 unspecified atom stereocenters. The van der Waals surface area contributed by atoms with Crippen LogP contribution in [0.2, 0.25) is 0 Å². The number of carbonyl (C=O) groups excluding carboxylic acids is 2. The number of allylic oxidation sites excluding steroid dienone is 2. The van der Waals surface area contributed by atoms with E-state index in [1.54, 1.807) is 22.9 Å². The fourth-order valence-corrected chi connectivity index (χ4v) is 8.82. The van der Waals surface area contributed by atoms with Gasteiger partial charge >= 0.3 is 5.97 Å². The third-order valence-electron chi connectivity index (χ3n) is 9.05. The number of aromatic carboxylic acids is 1. The zero-order valence-electron chi connectivity index (χ0n) is 24.9. The Morgan fingerprint density at radius 3 is 2.35 bits per heavy atom. The number of amides is 2. The van der Waals surface area contributed by atoms with Gasteiger partial charge in [0.25, 0.3) is 11.8 Å². The summed E-state index contributed by atoms with van der Waals surface area (Å²) >= 11 is 1.34. The lowest BCUT2D eigenvalue weighted by atomic mass is 9.58. The van der Waals surface area contributed by atoms with E-state index in [0.717, 1.165) is 17.6 Å². The number of fused-ring (bicyclic) bond motifs is 1. The maximum atomic E-state index is 13.7. The van der Waals surface area contributed by atoms with Gasteiger partial charge in [0.15, 0.2) is 9.84 Å². The van der Waals surface area contributed by atoms with Crippen molar-refractivity contribution in [1.82, 2.24) is 15.1 Å². The van der Waals surface area contributed by atoms with Crippen LogP contribution >= 0.6 is 11.3 Å². The van der Waals surface area contributed by atoms with Crippen molar-refractivity contribution in [2.75, 3.05) is 50.8 Å².